The molecule has 0 aliphatic carbocycles. The number of aromatic nitrogens is 2. The van der Waals surface area contributed by atoms with Crippen molar-refractivity contribution < 1.29 is 9.90 Å². The summed E-state index contributed by atoms with van der Waals surface area (Å²) in [6, 6.07) is 3.70. The fourth-order valence-corrected chi connectivity index (χ4v) is 3.01. The van der Waals surface area contributed by atoms with E-state index in [0.29, 0.717) is 10.7 Å². The largest absolute Gasteiger partial charge is 0.383 e. The normalized spacial score (nSPS) is 14.2. The quantitative estimate of drug-likeness (QED) is 0.822. The number of thiophene rings is 1. The minimum atomic E-state index is -1.08. The van der Waals surface area contributed by atoms with Gasteiger partial charge in [0.2, 0.25) is 5.91 Å². The van der Waals surface area contributed by atoms with E-state index in [2.05, 4.69) is 10.4 Å². The summed E-state index contributed by atoms with van der Waals surface area (Å²) in [4.78, 5) is 12.7. The van der Waals surface area contributed by atoms with Crippen LogP contribution in [0.15, 0.2) is 23.6 Å². The number of rotatable bonds is 5. The van der Waals surface area contributed by atoms with Crippen molar-refractivity contribution in [3.8, 4) is 0 Å². The zero-order valence-electron chi connectivity index (χ0n) is 12.6. The third-order valence-corrected chi connectivity index (χ3v) is 4.83. The maximum absolute atomic E-state index is 11.9. The Bertz CT molecular complexity index is 690. The summed E-state index contributed by atoms with van der Waals surface area (Å²) in [5.41, 5.74) is 0.381. The standard InChI is InChI=1S/C15H18ClN3O2S/c1-10-11(14(16)19(3)18-10)6-7-13(20)17-9-15(2,21)12-5-4-8-22-12/h4-8,21H,9H2,1-3H3,(H,17,20)/b7-6+. The van der Waals surface area contributed by atoms with E-state index >= 15 is 0 Å². The molecule has 0 saturated heterocycles. The van der Waals surface area contributed by atoms with Crippen molar-refractivity contribution in [1.29, 1.82) is 0 Å². The Morgan fingerprint density at radius 3 is 2.91 bits per heavy atom. The van der Waals surface area contributed by atoms with E-state index < -0.39 is 5.60 Å². The number of aryl methyl sites for hydroxylation is 2. The summed E-state index contributed by atoms with van der Waals surface area (Å²) in [6.45, 7) is 3.63. The lowest BCUT2D eigenvalue weighted by Crippen LogP contribution is -2.37. The molecule has 0 saturated carbocycles. The lowest BCUT2D eigenvalue weighted by atomic mass is 10.1. The monoisotopic (exact) mass is 339 g/mol. The number of amides is 1. The molecule has 0 spiro atoms. The first-order valence-electron chi connectivity index (χ1n) is 6.72. The maximum atomic E-state index is 11.9. The number of aliphatic hydroxyl groups is 1. The number of halogens is 1. The number of hydrogen-bond acceptors (Lipinski definition) is 4. The average Bonchev–Trinajstić information content (AvgIpc) is 3.06. The molecule has 5 nitrogen and oxygen atoms in total. The van der Waals surface area contributed by atoms with Crippen molar-refractivity contribution in [3.05, 3.63) is 44.9 Å². The second-order valence-electron chi connectivity index (χ2n) is 5.22. The molecule has 0 aliphatic heterocycles. The van der Waals surface area contributed by atoms with Crippen LogP contribution in [0.1, 0.15) is 23.1 Å². The first-order valence-corrected chi connectivity index (χ1v) is 7.98. The Labute approximate surface area is 138 Å². The Kier molecular flexibility index (Phi) is 5.05. The summed E-state index contributed by atoms with van der Waals surface area (Å²) in [5, 5.41) is 19.6. The van der Waals surface area contributed by atoms with Gasteiger partial charge in [0.1, 0.15) is 10.8 Å². The van der Waals surface area contributed by atoms with Crippen molar-refractivity contribution >= 4 is 34.9 Å². The van der Waals surface area contributed by atoms with Gasteiger partial charge in [0.05, 0.1) is 12.2 Å². The number of nitrogens with zero attached hydrogens (tertiary/aromatic N) is 2. The molecular weight excluding hydrogens is 322 g/mol. The van der Waals surface area contributed by atoms with Gasteiger partial charge in [-0.15, -0.1) is 11.3 Å². The topological polar surface area (TPSA) is 67.2 Å². The Morgan fingerprint density at radius 2 is 2.36 bits per heavy atom. The van der Waals surface area contributed by atoms with Crippen LogP contribution in [0.4, 0.5) is 0 Å². The number of carbonyl (C=O) groups is 1. The highest BCUT2D eigenvalue weighted by Gasteiger charge is 2.24. The first kappa shape index (κ1) is 16.7. The lowest BCUT2D eigenvalue weighted by Gasteiger charge is -2.21. The van der Waals surface area contributed by atoms with E-state index in [9.17, 15) is 9.90 Å². The molecule has 0 radical (unpaired) electrons. The molecule has 2 aromatic rings. The molecule has 2 heterocycles. The summed E-state index contributed by atoms with van der Waals surface area (Å²) < 4.78 is 1.55. The van der Waals surface area contributed by atoms with Crippen molar-refractivity contribution in [2.75, 3.05) is 6.54 Å². The molecule has 7 heteroatoms. The van der Waals surface area contributed by atoms with Crippen molar-refractivity contribution in [3.63, 3.8) is 0 Å². The van der Waals surface area contributed by atoms with E-state index in [4.69, 9.17) is 11.6 Å². The molecule has 1 amide bonds. The highest BCUT2D eigenvalue weighted by atomic mass is 35.5. The highest BCUT2D eigenvalue weighted by Crippen LogP contribution is 2.24. The predicted octanol–water partition coefficient (Wildman–Crippen LogP) is 2.48. The summed E-state index contributed by atoms with van der Waals surface area (Å²) >= 11 is 7.54. The fourth-order valence-electron chi connectivity index (χ4n) is 1.99. The lowest BCUT2D eigenvalue weighted by molar-refractivity contribution is -0.117. The van der Waals surface area contributed by atoms with E-state index in [1.807, 2.05) is 24.4 Å². The average molecular weight is 340 g/mol. The first-order chi connectivity index (χ1) is 10.3. The predicted molar refractivity (Wildman–Crippen MR) is 88.9 cm³/mol. The van der Waals surface area contributed by atoms with Gasteiger partial charge in [-0.1, -0.05) is 17.7 Å². The molecule has 0 fully saturated rings. The minimum Gasteiger partial charge on any atom is -0.383 e. The fraction of sp³-hybridized carbons (Fsp3) is 0.333. The third kappa shape index (κ3) is 3.76. The zero-order chi connectivity index (χ0) is 16.3. The van der Waals surface area contributed by atoms with Crippen LogP contribution in [0.5, 0.6) is 0 Å². The second kappa shape index (κ2) is 6.64. The van der Waals surface area contributed by atoms with Gasteiger partial charge >= 0.3 is 0 Å². The van der Waals surface area contributed by atoms with Gasteiger partial charge in [-0.25, -0.2) is 0 Å². The SMILES string of the molecule is Cc1nn(C)c(Cl)c1/C=C/C(=O)NCC(C)(O)c1cccs1. The van der Waals surface area contributed by atoms with E-state index in [0.717, 1.165) is 10.6 Å². The number of hydrogen-bond donors (Lipinski definition) is 2. The van der Waals surface area contributed by atoms with Crippen LogP contribution in [0, 0.1) is 6.92 Å². The second-order valence-corrected chi connectivity index (χ2v) is 6.52. The van der Waals surface area contributed by atoms with Gasteiger partial charge in [0.25, 0.3) is 0 Å². The summed E-state index contributed by atoms with van der Waals surface area (Å²) in [6.07, 6.45) is 3.01. The third-order valence-electron chi connectivity index (χ3n) is 3.26. The van der Waals surface area contributed by atoms with Crippen LogP contribution in [-0.4, -0.2) is 27.3 Å². The minimum absolute atomic E-state index is 0.135. The summed E-state index contributed by atoms with van der Waals surface area (Å²) in [5.74, 6) is -0.295. The molecule has 1 atom stereocenters. The Hall–Kier alpha value is -1.63. The van der Waals surface area contributed by atoms with Crippen LogP contribution >= 0.6 is 22.9 Å². The van der Waals surface area contributed by atoms with Crippen LogP contribution < -0.4 is 5.32 Å². The molecule has 0 aromatic carbocycles. The van der Waals surface area contributed by atoms with Crippen LogP contribution in [0.3, 0.4) is 0 Å². The van der Waals surface area contributed by atoms with Crippen molar-refractivity contribution in [1.82, 2.24) is 15.1 Å². The molecule has 22 heavy (non-hydrogen) atoms. The Balaban J connectivity index is 1.97. The van der Waals surface area contributed by atoms with Gasteiger partial charge in [-0.3, -0.25) is 9.48 Å². The molecular formula is C15H18ClN3O2S. The van der Waals surface area contributed by atoms with Crippen LogP contribution in [0.2, 0.25) is 5.15 Å². The van der Waals surface area contributed by atoms with Gasteiger partial charge in [0, 0.05) is 23.6 Å². The van der Waals surface area contributed by atoms with E-state index in [-0.39, 0.29) is 12.5 Å². The summed E-state index contributed by atoms with van der Waals surface area (Å²) in [7, 11) is 1.74. The van der Waals surface area contributed by atoms with Gasteiger partial charge < -0.3 is 10.4 Å². The van der Waals surface area contributed by atoms with Gasteiger partial charge in [-0.2, -0.15) is 5.10 Å². The van der Waals surface area contributed by atoms with E-state index in [1.54, 1.807) is 24.7 Å². The van der Waals surface area contributed by atoms with Gasteiger partial charge in [0.15, 0.2) is 0 Å². The zero-order valence-corrected chi connectivity index (χ0v) is 14.2. The molecule has 2 rings (SSSR count). The molecule has 118 valence electrons. The number of carbonyl (C=O) groups excluding carboxylic acids is 1. The maximum Gasteiger partial charge on any atom is 0.244 e. The molecule has 0 bridgehead atoms. The molecule has 2 aromatic heterocycles. The highest BCUT2D eigenvalue weighted by molar-refractivity contribution is 7.10. The smallest absolute Gasteiger partial charge is 0.244 e. The van der Waals surface area contributed by atoms with Gasteiger partial charge in [-0.05, 0) is 31.4 Å². The van der Waals surface area contributed by atoms with Crippen LogP contribution in [0.25, 0.3) is 6.08 Å². The molecule has 1 unspecified atom stereocenters. The van der Waals surface area contributed by atoms with Crippen molar-refractivity contribution in [2.45, 2.75) is 19.4 Å². The Morgan fingerprint density at radius 1 is 1.64 bits per heavy atom. The molecule has 2 N–H and O–H groups in total. The molecule has 0 aliphatic rings. The van der Waals surface area contributed by atoms with Crippen LogP contribution in [-0.2, 0) is 17.4 Å². The number of nitrogens with one attached hydrogen (secondary N) is 1. The van der Waals surface area contributed by atoms with E-state index in [1.165, 1.54) is 17.4 Å². The van der Waals surface area contributed by atoms with Crippen molar-refractivity contribution in [2.24, 2.45) is 7.05 Å².